The number of benzene rings is 1. The van der Waals surface area contributed by atoms with E-state index in [1.54, 1.807) is 0 Å². The number of hydrogen-bond acceptors (Lipinski definition) is 4. The summed E-state index contributed by atoms with van der Waals surface area (Å²) in [4.78, 5) is 17.3. The Hall–Kier alpha value is -1.43. The van der Waals surface area contributed by atoms with Crippen molar-refractivity contribution in [2.45, 2.75) is 39.2 Å². The molecule has 1 aromatic carbocycles. The molecule has 5 nitrogen and oxygen atoms in total. The number of aryl methyl sites for hydroxylation is 1. The summed E-state index contributed by atoms with van der Waals surface area (Å²) in [6.07, 6.45) is 3.43. The van der Waals surface area contributed by atoms with Gasteiger partial charge in [0.2, 0.25) is 5.91 Å². The predicted octanol–water partition coefficient (Wildman–Crippen LogP) is 2.47. The number of carbonyl (C=O) groups excluding carboxylic acids is 1. The number of piperidine rings is 1. The number of amides is 1. The van der Waals surface area contributed by atoms with Gasteiger partial charge in [0.05, 0.1) is 25.8 Å². The Morgan fingerprint density at radius 3 is 2.41 bits per heavy atom. The standard InChI is InChI=1S/C22H35N3O2/c1-3-19-4-6-21(7-5-19)18(2)23-22(26)17-24-10-8-20(9-11-24)16-25-12-14-27-15-13-25/h4-7,18,20H,3,8-17H2,1-2H3,(H,23,26). The summed E-state index contributed by atoms with van der Waals surface area (Å²) in [5.74, 6) is 0.895. The molecule has 0 bridgehead atoms. The average molecular weight is 374 g/mol. The van der Waals surface area contributed by atoms with E-state index in [9.17, 15) is 4.79 Å². The van der Waals surface area contributed by atoms with Crippen molar-refractivity contribution in [2.24, 2.45) is 5.92 Å². The van der Waals surface area contributed by atoms with E-state index in [-0.39, 0.29) is 11.9 Å². The molecule has 5 heteroatoms. The Balaban J connectivity index is 1.37. The predicted molar refractivity (Wildman–Crippen MR) is 109 cm³/mol. The van der Waals surface area contributed by atoms with Crippen molar-refractivity contribution >= 4 is 5.91 Å². The van der Waals surface area contributed by atoms with Crippen molar-refractivity contribution < 1.29 is 9.53 Å². The van der Waals surface area contributed by atoms with E-state index in [1.165, 1.54) is 30.5 Å². The monoisotopic (exact) mass is 373 g/mol. The molecule has 1 amide bonds. The summed E-state index contributed by atoms with van der Waals surface area (Å²) >= 11 is 0. The van der Waals surface area contributed by atoms with Crippen LogP contribution >= 0.6 is 0 Å². The summed E-state index contributed by atoms with van der Waals surface area (Å²) in [5, 5.41) is 3.16. The fourth-order valence-electron chi connectivity index (χ4n) is 4.09. The van der Waals surface area contributed by atoms with E-state index < -0.39 is 0 Å². The lowest BCUT2D eigenvalue weighted by atomic mass is 9.96. The fraction of sp³-hybridized carbons (Fsp3) is 0.682. The molecule has 2 heterocycles. The van der Waals surface area contributed by atoms with Crippen LogP contribution in [0.4, 0.5) is 0 Å². The second kappa shape index (κ2) is 10.2. The van der Waals surface area contributed by atoms with E-state index in [2.05, 4.69) is 53.2 Å². The van der Waals surface area contributed by atoms with Gasteiger partial charge in [0, 0.05) is 19.6 Å². The first-order valence-corrected chi connectivity index (χ1v) is 10.5. The van der Waals surface area contributed by atoms with Crippen molar-refractivity contribution in [2.75, 3.05) is 52.5 Å². The van der Waals surface area contributed by atoms with Gasteiger partial charge in [0.25, 0.3) is 0 Å². The van der Waals surface area contributed by atoms with Crippen LogP contribution in [0.2, 0.25) is 0 Å². The topological polar surface area (TPSA) is 44.8 Å². The molecule has 0 radical (unpaired) electrons. The number of carbonyl (C=O) groups is 1. The zero-order chi connectivity index (χ0) is 19.1. The second-order valence-electron chi connectivity index (χ2n) is 8.02. The Morgan fingerprint density at radius 2 is 1.78 bits per heavy atom. The van der Waals surface area contributed by atoms with E-state index in [1.807, 2.05) is 0 Å². The van der Waals surface area contributed by atoms with Crippen LogP contribution in [-0.4, -0.2) is 68.2 Å². The lowest BCUT2D eigenvalue weighted by Gasteiger charge is -2.35. The maximum absolute atomic E-state index is 12.4. The van der Waals surface area contributed by atoms with Gasteiger partial charge in [-0.2, -0.15) is 0 Å². The third-order valence-electron chi connectivity index (χ3n) is 5.96. The highest BCUT2D eigenvalue weighted by Gasteiger charge is 2.23. The van der Waals surface area contributed by atoms with Crippen LogP contribution in [0.3, 0.4) is 0 Å². The van der Waals surface area contributed by atoms with Crippen LogP contribution in [0.1, 0.15) is 43.9 Å². The molecule has 1 unspecified atom stereocenters. The molecule has 1 atom stereocenters. The van der Waals surface area contributed by atoms with Gasteiger partial charge in [-0.15, -0.1) is 0 Å². The maximum atomic E-state index is 12.4. The minimum absolute atomic E-state index is 0.0577. The molecule has 0 spiro atoms. The Bertz CT molecular complexity index is 576. The quantitative estimate of drug-likeness (QED) is 0.798. The minimum atomic E-state index is 0.0577. The lowest BCUT2D eigenvalue weighted by Crippen LogP contribution is -2.45. The number of morpholine rings is 1. The smallest absolute Gasteiger partial charge is 0.234 e. The van der Waals surface area contributed by atoms with Gasteiger partial charge in [-0.1, -0.05) is 31.2 Å². The number of ether oxygens (including phenoxy) is 1. The van der Waals surface area contributed by atoms with Crippen molar-refractivity contribution in [3.05, 3.63) is 35.4 Å². The molecule has 27 heavy (non-hydrogen) atoms. The van der Waals surface area contributed by atoms with Crippen LogP contribution < -0.4 is 5.32 Å². The van der Waals surface area contributed by atoms with Crippen LogP contribution in [-0.2, 0) is 16.0 Å². The fourth-order valence-corrected chi connectivity index (χ4v) is 4.09. The van der Waals surface area contributed by atoms with Crippen LogP contribution in [0.25, 0.3) is 0 Å². The Kier molecular flexibility index (Phi) is 7.68. The van der Waals surface area contributed by atoms with Crippen molar-refractivity contribution in [1.29, 1.82) is 0 Å². The molecule has 1 aromatic rings. The first-order chi connectivity index (χ1) is 13.1. The normalized spacial score (nSPS) is 21.1. The summed E-state index contributed by atoms with van der Waals surface area (Å²) in [6.45, 7) is 11.9. The number of nitrogens with zero attached hydrogens (tertiary/aromatic N) is 2. The van der Waals surface area contributed by atoms with Crippen LogP contribution in [0.5, 0.6) is 0 Å². The van der Waals surface area contributed by atoms with Gasteiger partial charge >= 0.3 is 0 Å². The third-order valence-corrected chi connectivity index (χ3v) is 5.96. The Morgan fingerprint density at radius 1 is 1.11 bits per heavy atom. The minimum Gasteiger partial charge on any atom is -0.379 e. The maximum Gasteiger partial charge on any atom is 0.234 e. The third kappa shape index (κ3) is 6.30. The van der Waals surface area contributed by atoms with Gasteiger partial charge < -0.3 is 10.1 Å². The molecular formula is C22H35N3O2. The van der Waals surface area contributed by atoms with Crippen LogP contribution in [0.15, 0.2) is 24.3 Å². The van der Waals surface area contributed by atoms with Crippen molar-refractivity contribution in [3.8, 4) is 0 Å². The van der Waals surface area contributed by atoms with Crippen molar-refractivity contribution in [1.82, 2.24) is 15.1 Å². The molecule has 0 saturated carbocycles. The number of nitrogens with one attached hydrogen (secondary N) is 1. The van der Waals surface area contributed by atoms with E-state index in [4.69, 9.17) is 4.74 Å². The van der Waals surface area contributed by atoms with Crippen LogP contribution in [0, 0.1) is 5.92 Å². The van der Waals surface area contributed by atoms with E-state index in [0.29, 0.717) is 6.54 Å². The summed E-state index contributed by atoms with van der Waals surface area (Å²) in [5.41, 5.74) is 2.50. The molecule has 2 aliphatic rings. The van der Waals surface area contributed by atoms with Gasteiger partial charge in [-0.25, -0.2) is 0 Å². The molecular weight excluding hydrogens is 338 g/mol. The Labute approximate surface area is 164 Å². The first kappa shape index (κ1) is 20.3. The number of hydrogen-bond donors (Lipinski definition) is 1. The molecule has 0 aliphatic carbocycles. The zero-order valence-corrected chi connectivity index (χ0v) is 17.0. The summed E-state index contributed by atoms with van der Waals surface area (Å²) in [6, 6.07) is 8.61. The van der Waals surface area contributed by atoms with Gasteiger partial charge in [-0.3, -0.25) is 14.6 Å². The van der Waals surface area contributed by atoms with Crippen molar-refractivity contribution in [3.63, 3.8) is 0 Å². The average Bonchev–Trinajstić information content (AvgIpc) is 2.70. The highest BCUT2D eigenvalue weighted by atomic mass is 16.5. The summed E-state index contributed by atoms with van der Waals surface area (Å²) in [7, 11) is 0. The molecule has 2 saturated heterocycles. The largest absolute Gasteiger partial charge is 0.379 e. The lowest BCUT2D eigenvalue weighted by molar-refractivity contribution is -0.123. The zero-order valence-electron chi connectivity index (χ0n) is 17.0. The number of likely N-dealkylation sites (tertiary alicyclic amines) is 1. The molecule has 2 aliphatic heterocycles. The molecule has 150 valence electrons. The molecule has 1 N–H and O–H groups in total. The highest BCUT2D eigenvalue weighted by molar-refractivity contribution is 5.78. The highest BCUT2D eigenvalue weighted by Crippen LogP contribution is 2.19. The first-order valence-electron chi connectivity index (χ1n) is 10.5. The molecule has 0 aromatic heterocycles. The SMILES string of the molecule is CCc1ccc(C(C)NC(=O)CN2CCC(CN3CCOCC3)CC2)cc1. The second-order valence-corrected chi connectivity index (χ2v) is 8.02. The number of rotatable bonds is 7. The van der Waals surface area contributed by atoms with Gasteiger partial charge in [0.15, 0.2) is 0 Å². The molecule has 3 rings (SSSR count). The molecule has 2 fully saturated rings. The summed E-state index contributed by atoms with van der Waals surface area (Å²) < 4.78 is 5.43. The van der Waals surface area contributed by atoms with E-state index in [0.717, 1.165) is 51.7 Å². The van der Waals surface area contributed by atoms with E-state index >= 15 is 0 Å². The van der Waals surface area contributed by atoms with Gasteiger partial charge in [0.1, 0.15) is 0 Å². The van der Waals surface area contributed by atoms with Gasteiger partial charge in [-0.05, 0) is 56.3 Å².